The molecule has 144 valence electrons. The number of ether oxygens (including phenoxy) is 2. The van der Waals surface area contributed by atoms with Gasteiger partial charge in [0.15, 0.2) is 0 Å². The van der Waals surface area contributed by atoms with Crippen molar-refractivity contribution < 1.29 is 23.4 Å². The molecule has 6 heteroatoms. The molecule has 4 unspecified atom stereocenters. The number of aliphatic hydroxyl groups is 1. The fourth-order valence-corrected chi connectivity index (χ4v) is 5.33. The highest BCUT2D eigenvalue weighted by molar-refractivity contribution is 6.46. The van der Waals surface area contributed by atoms with E-state index in [1.54, 1.807) is 14.2 Å². The van der Waals surface area contributed by atoms with Crippen molar-refractivity contribution in [2.75, 3.05) is 34.0 Å². The highest BCUT2D eigenvalue weighted by Gasteiger charge is 2.39. The standard InChI is InChI=1S/C18H38O5Si/c1-13(2)10-22-12-18(24(20-5)21-6)15-7-8-16(19)17(9-15)23-11-14(3)4/h13-19,24H,7-12H2,1-6H3. The van der Waals surface area contributed by atoms with Crippen LogP contribution in [0.2, 0.25) is 5.54 Å². The lowest BCUT2D eigenvalue weighted by Gasteiger charge is -2.38. The van der Waals surface area contributed by atoms with E-state index in [9.17, 15) is 5.11 Å². The molecule has 0 heterocycles. The second kappa shape index (κ2) is 11.6. The molecule has 0 amide bonds. The summed E-state index contributed by atoms with van der Waals surface area (Å²) in [7, 11) is 1.68. The van der Waals surface area contributed by atoms with Gasteiger partial charge in [-0.2, -0.15) is 0 Å². The number of hydrogen-bond acceptors (Lipinski definition) is 5. The van der Waals surface area contributed by atoms with Gasteiger partial charge in [-0.05, 0) is 37.0 Å². The van der Waals surface area contributed by atoms with E-state index in [4.69, 9.17) is 18.3 Å². The van der Waals surface area contributed by atoms with Crippen molar-refractivity contribution >= 4 is 9.28 Å². The molecule has 5 nitrogen and oxygen atoms in total. The predicted molar refractivity (Wildman–Crippen MR) is 98.5 cm³/mol. The van der Waals surface area contributed by atoms with Crippen LogP contribution in [-0.4, -0.2) is 60.6 Å². The molecule has 1 N–H and O–H groups in total. The Morgan fingerprint density at radius 3 is 2.12 bits per heavy atom. The van der Waals surface area contributed by atoms with Crippen LogP contribution in [0.1, 0.15) is 47.0 Å². The van der Waals surface area contributed by atoms with Gasteiger partial charge >= 0.3 is 9.28 Å². The molecule has 0 aromatic carbocycles. The van der Waals surface area contributed by atoms with Crippen molar-refractivity contribution in [3.05, 3.63) is 0 Å². The van der Waals surface area contributed by atoms with Gasteiger partial charge in [0.05, 0.1) is 18.8 Å². The highest BCUT2D eigenvalue weighted by Crippen LogP contribution is 2.37. The lowest BCUT2D eigenvalue weighted by molar-refractivity contribution is -0.0820. The number of rotatable bonds is 11. The Hall–Kier alpha value is 0.0169. The third-order valence-corrected chi connectivity index (χ3v) is 6.99. The number of hydrogen-bond donors (Lipinski definition) is 1. The molecule has 0 aromatic rings. The first kappa shape index (κ1) is 22.1. The van der Waals surface area contributed by atoms with Gasteiger partial charge in [-0.3, -0.25) is 0 Å². The van der Waals surface area contributed by atoms with E-state index in [2.05, 4.69) is 27.7 Å². The van der Waals surface area contributed by atoms with E-state index in [0.717, 1.165) is 25.9 Å². The summed E-state index contributed by atoms with van der Waals surface area (Å²) >= 11 is 0. The lowest BCUT2D eigenvalue weighted by atomic mass is 9.83. The van der Waals surface area contributed by atoms with Gasteiger partial charge in [-0.1, -0.05) is 27.7 Å². The fourth-order valence-electron chi connectivity index (χ4n) is 3.35. The van der Waals surface area contributed by atoms with E-state index in [0.29, 0.717) is 31.0 Å². The maximum atomic E-state index is 10.3. The molecule has 0 saturated heterocycles. The quantitative estimate of drug-likeness (QED) is 0.573. The van der Waals surface area contributed by atoms with E-state index in [1.807, 2.05) is 0 Å². The molecular formula is C18H38O5Si. The zero-order chi connectivity index (χ0) is 18.1. The fraction of sp³-hybridized carbons (Fsp3) is 1.00. The van der Waals surface area contributed by atoms with Gasteiger partial charge in [-0.15, -0.1) is 0 Å². The van der Waals surface area contributed by atoms with Crippen LogP contribution in [0.4, 0.5) is 0 Å². The second-order valence-electron chi connectivity index (χ2n) is 7.84. The van der Waals surface area contributed by atoms with Crippen molar-refractivity contribution in [1.82, 2.24) is 0 Å². The highest BCUT2D eigenvalue weighted by atomic mass is 28.3. The van der Waals surface area contributed by atoms with E-state index < -0.39 is 9.28 Å². The van der Waals surface area contributed by atoms with Crippen molar-refractivity contribution in [2.24, 2.45) is 17.8 Å². The van der Waals surface area contributed by atoms with Crippen LogP contribution >= 0.6 is 0 Å². The zero-order valence-corrected chi connectivity index (χ0v) is 17.5. The maximum Gasteiger partial charge on any atom is 0.326 e. The summed E-state index contributed by atoms with van der Waals surface area (Å²) in [6, 6.07) is 0. The van der Waals surface area contributed by atoms with Crippen LogP contribution in [0.25, 0.3) is 0 Å². The molecule has 0 aromatic heterocycles. The Labute approximate surface area is 149 Å². The molecule has 1 saturated carbocycles. The average Bonchev–Trinajstić information content (AvgIpc) is 2.53. The monoisotopic (exact) mass is 362 g/mol. The number of aliphatic hydroxyl groups excluding tert-OH is 1. The summed E-state index contributed by atoms with van der Waals surface area (Å²) in [4.78, 5) is 0. The third kappa shape index (κ3) is 7.50. The summed E-state index contributed by atoms with van der Waals surface area (Å²) in [5.74, 6) is 1.42. The molecule has 0 aliphatic heterocycles. The molecule has 0 spiro atoms. The van der Waals surface area contributed by atoms with Crippen molar-refractivity contribution in [1.29, 1.82) is 0 Å². The van der Waals surface area contributed by atoms with E-state index in [1.165, 1.54) is 0 Å². The van der Waals surface area contributed by atoms with Crippen LogP contribution < -0.4 is 0 Å². The van der Waals surface area contributed by atoms with Gasteiger partial charge < -0.3 is 23.4 Å². The van der Waals surface area contributed by atoms with Crippen LogP contribution in [-0.2, 0) is 18.3 Å². The molecule has 1 aliphatic carbocycles. The van der Waals surface area contributed by atoms with Gasteiger partial charge in [0.25, 0.3) is 0 Å². The van der Waals surface area contributed by atoms with Crippen molar-refractivity contribution in [3.63, 3.8) is 0 Å². The summed E-state index contributed by atoms with van der Waals surface area (Å²) in [5, 5.41) is 10.3. The molecule has 0 radical (unpaired) electrons. The molecular weight excluding hydrogens is 324 g/mol. The first-order chi connectivity index (χ1) is 11.4. The van der Waals surface area contributed by atoms with Crippen LogP contribution in [0.3, 0.4) is 0 Å². The van der Waals surface area contributed by atoms with Crippen LogP contribution in [0.15, 0.2) is 0 Å². The lowest BCUT2D eigenvalue weighted by Crippen LogP contribution is -2.42. The van der Waals surface area contributed by atoms with E-state index in [-0.39, 0.29) is 17.7 Å². The summed E-state index contributed by atoms with van der Waals surface area (Å²) < 4.78 is 23.2. The molecule has 1 fully saturated rings. The molecule has 1 rings (SSSR count). The predicted octanol–water partition coefficient (Wildman–Crippen LogP) is 2.74. The van der Waals surface area contributed by atoms with Crippen LogP contribution in [0, 0.1) is 17.8 Å². The Balaban J connectivity index is 2.68. The van der Waals surface area contributed by atoms with Gasteiger partial charge in [0, 0.05) is 33.0 Å². The molecule has 0 bridgehead atoms. The first-order valence-electron chi connectivity index (χ1n) is 9.31. The molecule has 24 heavy (non-hydrogen) atoms. The summed E-state index contributed by atoms with van der Waals surface area (Å²) in [5.41, 5.74) is 0.288. The minimum absolute atomic E-state index is 0.0814. The Morgan fingerprint density at radius 2 is 1.58 bits per heavy atom. The Kier molecular flexibility index (Phi) is 10.7. The van der Waals surface area contributed by atoms with E-state index >= 15 is 0 Å². The average molecular weight is 363 g/mol. The van der Waals surface area contributed by atoms with Crippen LogP contribution in [0.5, 0.6) is 0 Å². The molecule has 1 aliphatic rings. The Bertz CT molecular complexity index is 323. The minimum atomic E-state index is -1.79. The normalized spacial score (nSPS) is 26.5. The van der Waals surface area contributed by atoms with Gasteiger partial charge in [0.2, 0.25) is 0 Å². The third-order valence-electron chi connectivity index (χ3n) is 4.62. The maximum absolute atomic E-state index is 10.3. The topological polar surface area (TPSA) is 57.2 Å². The SMILES string of the molecule is CO[SiH](OC)C(COCC(C)C)C1CCC(O)C(OCC(C)C)C1. The smallest absolute Gasteiger partial charge is 0.326 e. The van der Waals surface area contributed by atoms with Crippen molar-refractivity contribution in [2.45, 2.75) is 64.7 Å². The van der Waals surface area contributed by atoms with Gasteiger partial charge in [0.1, 0.15) is 0 Å². The largest absolute Gasteiger partial charge is 0.400 e. The van der Waals surface area contributed by atoms with Gasteiger partial charge in [-0.25, -0.2) is 0 Å². The minimum Gasteiger partial charge on any atom is -0.400 e. The zero-order valence-electron chi connectivity index (χ0n) is 16.4. The second-order valence-corrected chi connectivity index (χ2v) is 10.4. The summed E-state index contributed by atoms with van der Waals surface area (Å²) in [6.45, 7) is 10.7. The Morgan fingerprint density at radius 1 is 0.958 bits per heavy atom. The summed E-state index contributed by atoms with van der Waals surface area (Å²) in [6.07, 6.45) is 2.18. The first-order valence-corrected chi connectivity index (χ1v) is 10.9. The molecule has 4 atom stereocenters. The van der Waals surface area contributed by atoms with Crippen molar-refractivity contribution in [3.8, 4) is 0 Å².